The molecular formula is C18H18ClN3O5S. The Morgan fingerprint density at radius 1 is 1.18 bits per heavy atom. The number of rotatable bonds is 5. The molecule has 148 valence electrons. The predicted octanol–water partition coefficient (Wildman–Crippen LogP) is 1.47. The molecule has 0 saturated carbocycles. The summed E-state index contributed by atoms with van der Waals surface area (Å²) < 4.78 is 32.9. The standard InChI is InChI=1S/C18H18ClN3O5S/c19-13-4-2-5-14(10-13)21-28(25,26)15-6-1-3-12(9-15)18(24)22-7-8-27-16(11-22)17(20)23/h1-6,9-10,16,21H,7-8,11H2,(H2,20,23). The number of anilines is 1. The first kappa shape index (κ1) is 20.1. The van der Waals surface area contributed by atoms with E-state index in [0.717, 1.165) is 0 Å². The zero-order valence-electron chi connectivity index (χ0n) is 14.7. The fourth-order valence-electron chi connectivity index (χ4n) is 2.75. The number of nitrogens with one attached hydrogen (secondary N) is 1. The first-order chi connectivity index (χ1) is 13.3. The highest BCUT2D eigenvalue weighted by atomic mass is 35.5. The minimum atomic E-state index is -3.92. The molecule has 0 spiro atoms. The first-order valence-electron chi connectivity index (χ1n) is 8.35. The van der Waals surface area contributed by atoms with Crippen LogP contribution in [0.5, 0.6) is 0 Å². The van der Waals surface area contributed by atoms with Crippen LogP contribution in [0.1, 0.15) is 10.4 Å². The average molecular weight is 424 g/mol. The number of carbonyl (C=O) groups excluding carboxylic acids is 2. The first-order valence-corrected chi connectivity index (χ1v) is 10.2. The number of hydrogen-bond donors (Lipinski definition) is 2. The van der Waals surface area contributed by atoms with Gasteiger partial charge in [0.15, 0.2) is 6.10 Å². The fourth-order valence-corrected chi connectivity index (χ4v) is 4.04. The van der Waals surface area contributed by atoms with Gasteiger partial charge in [-0.15, -0.1) is 0 Å². The van der Waals surface area contributed by atoms with Crippen LogP contribution in [0.25, 0.3) is 0 Å². The highest BCUT2D eigenvalue weighted by molar-refractivity contribution is 7.92. The summed E-state index contributed by atoms with van der Waals surface area (Å²) >= 11 is 5.88. The Morgan fingerprint density at radius 2 is 1.93 bits per heavy atom. The van der Waals surface area contributed by atoms with Gasteiger partial charge in [0.1, 0.15) is 0 Å². The van der Waals surface area contributed by atoms with Crippen LogP contribution in [0.4, 0.5) is 5.69 Å². The molecule has 1 unspecified atom stereocenters. The number of ether oxygens (including phenoxy) is 1. The smallest absolute Gasteiger partial charge is 0.261 e. The molecule has 1 heterocycles. The summed E-state index contributed by atoms with van der Waals surface area (Å²) in [5, 5.41) is 0.389. The zero-order chi connectivity index (χ0) is 20.3. The Kier molecular flexibility index (Phi) is 5.87. The van der Waals surface area contributed by atoms with Gasteiger partial charge in [-0.05, 0) is 36.4 Å². The van der Waals surface area contributed by atoms with Gasteiger partial charge in [-0.1, -0.05) is 23.7 Å². The molecule has 0 bridgehead atoms. The van der Waals surface area contributed by atoms with Crippen molar-refractivity contribution < 1.29 is 22.7 Å². The number of amides is 2. The average Bonchev–Trinajstić information content (AvgIpc) is 2.67. The lowest BCUT2D eigenvalue weighted by atomic mass is 10.1. The molecule has 2 aromatic rings. The minimum absolute atomic E-state index is 0.0198. The number of benzene rings is 2. The molecule has 1 atom stereocenters. The third kappa shape index (κ3) is 4.61. The largest absolute Gasteiger partial charge is 0.367 e. The molecular weight excluding hydrogens is 406 g/mol. The second-order valence-corrected chi connectivity index (χ2v) is 8.28. The molecule has 0 aliphatic carbocycles. The second kappa shape index (κ2) is 8.17. The summed E-state index contributed by atoms with van der Waals surface area (Å²) in [4.78, 5) is 25.4. The molecule has 0 aromatic heterocycles. The van der Waals surface area contributed by atoms with Crippen LogP contribution in [0.2, 0.25) is 5.02 Å². The van der Waals surface area contributed by atoms with Crippen LogP contribution in [0.3, 0.4) is 0 Å². The van der Waals surface area contributed by atoms with E-state index >= 15 is 0 Å². The van der Waals surface area contributed by atoms with Crippen molar-refractivity contribution >= 4 is 39.1 Å². The molecule has 10 heteroatoms. The van der Waals surface area contributed by atoms with Crippen LogP contribution in [-0.2, 0) is 19.6 Å². The van der Waals surface area contributed by atoms with Gasteiger partial charge in [0.05, 0.1) is 23.7 Å². The van der Waals surface area contributed by atoms with E-state index in [-0.39, 0.29) is 30.2 Å². The van der Waals surface area contributed by atoms with Crippen molar-refractivity contribution in [3.8, 4) is 0 Å². The Balaban J connectivity index is 1.81. The van der Waals surface area contributed by atoms with Gasteiger partial charge >= 0.3 is 0 Å². The van der Waals surface area contributed by atoms with Gasteiger partial charge in [-0.25, -0.2) is 8.42 Å². The van der Waals surface area contributed by atoms with E-state index in [0.29, 0.717) is 10.7 Å². The summed E-state index contributed by atoms with van der Waals surface area (Å²) in [6.07, 6.45) is -0.880. The maximum atomic E-state index is 12.7. The fraction of sp³-hybridized carbons (Fsp3) is 0.222. The highest BCUT2D eigenvalue weighted by Gasteiger charge is 2.28. The van der Waals surface area contributed by atoms with Crippen molar-refractivity contribution in [3.05, 3.63) is 59.1 Å². The Hall–Kier alpha value is -2.62. The molecule has 3 N–H and O–H groups in total. The molecule has 2 aromatic carbocycles. The summed E-state index contributed by atoms with van der Waals surface area (Å²) in [7, 11) is -3.92. The lowest BCUT2D eigenvalue weighted by molar-refractivity contribution is -0.133. The number of carbonyl (C=O) groups is 2. The monoisotopic (exact) mass is 423 g/mol. The number of halogens is 1. The number of primary amides is 1. The van der Waals surface area contributed by atoms with Gasteiger partial charge in [0.2, 0.25) is 5.91 Å². The maximum Gasteiger partial charge on any atom is 0.261 e. The minimum Gasteiger partial charge on any atom is -0.367 e. The van der Waals surface area contributed by atoms with Crippen LogP contribution < -0.4 is 10.5 Å². The number of nitrogens with two attached hydrogens (primary N) is 1. The molecule has 0 radical (unpaired) electrons. The van der Waals surface area contributed by atoms with E-state index < -0.39 is 27.9 Å². The van der Waals surface area contributed by atoms with Crippen LogP contribution >= 0.6 is 11.6 Å². The van der Waals surface area contributed by atoms with E-state index in [9.17, 15) is 18.0 Å². The number of hydrogen-bond acceptors (Lipinski definition) is 5. The second-order valence-electron chi connectivity index (χ2n) is 6.16. The van der Waals surface area contributed by atoms with E-state index in [1.54, 1.807) is 18.2 Å². The lowest BCUT2D eigenvalue weighted by Crippen LogP contribution is -2.50. The van der Waals surface area contributed by atoms with Crippen LogP contribution in [0.15, 0.2) is 53.4 Å². The maximum absolute atomic E-state index is 12.7. The van der Waals surface area contributed by atoms with Crippen molar-refractivity contribution in [1.82, 2.24) is 4.90 Å². The molecule has 2 amide bonds. The molecule has 3 rings (SSSR count). The van der Waals surface area contributed by atoms with Crippen LogP contribution in [0, 0.1) is 0 Å². The molecule has 28 heavy (non-hydrogen) atoms. The van der Waals surface area contributed by atoms with Gasteiger partial charge in [0.25, 0.3) is 15.9 Å². The molecule has 1 fully saturated rings. The van der Waals surface area contributed by atoms with Gasteiger partial charge in [-0.2, -0.15) is 0 Å². The van der Waals surface area contributed by atoms with Crippen molar-refractivity contribution in [2.45, 2.75) is 11.0 Å². The van der Waals surface area contributed by atoms with Crippen molar-refractivity contribution in [2.75, 3.05) is 24.4 Å². The van der Waals surface area contributed by atoms with Gasteiger partial charge in [0, 0.05) is 17.1 Å². The number of morpholine rings is 1. The molecule has 1 saturated heterocycles. The predicted molar refractivity (Wildman–Crippen MR) is 104 cm³/mol. The summed E-state index contributed by atoms with van der Waals surface area (Å²) in [6.45, 7) is 0.472. The molecule has 1 aliphatic heterocycles. The zero-order valence-corrected chi connectivity index (χ0v) is 16.2. The third-order valence-corrected chi connectivity index (χ3v) is 5.75. The van der Waals surface area contributed by atoms with Crippen molar-refractivity contribution in [1.29, 1.82) is 0 Å². The summed E-state index contributed by atoms with van der Waals surface area (Å²) in [5.74, 6) is -1.06. The van der Waals surface area contributed by atoms with Gasteiger partial charge < -0.3 is 15.4 Å². The van der Waals surface area contributed by atoms with Gasteiger partial charge in [-0.3, -0.25) is 14.3 Å². The van der Waals surface area contributed by atoms with E-state index in [1.165, 1.54) is 35.2 Å². The third-order valence-electron chi connectivity index (χ3n) is 4.14. The van der Waals surface area contributed by atoms with E-state index in [1.807, 2.05) is 0 Å². The normalized spacial score (nSPS) is 17.2. The Labute approximate surface area is 167 Å². The molecule has 8 nitrogen and oxygen atoms in total. The van der Waals surface area contributed by atoms with E-state index in [2.05, 4.69) is 4.72 Å². The molecule has 1 aliphatic rings. The van der Waals surface area contributed by atoms with Crippen LogP contribution in [-0.4, -0.2) is 50.9 Å². The highest BCUT2D eigenvalue weighted by Crippen LogP contribution is 2.21. The van der Waals surface area contributed by atoms with E-state index in [4.69, 9.17) is 22.1 Å². The van der Waals surface area contributed by atoms with Crippen molar-refractivity contribution in [3.63, 3.8) is 0 Å². The summed E-state index contributed by atoms with van der Waals surface area (Å²) in [6, 6.07) is 11.9. The van der Waals surface area contributed by atoms with Crippen molar-refractivity contribution in [2.24, 2.45) is 5.73 Å². The SMILES string of the molecule is NC(=O)C1CN(C(=O)c2cccc(S(=O)(=O)Nc3cccc(Cl)c3)c2)CCO1. The quantitative estimate of drug-likeness (QED) is 0.754. The Bertz CT molecular complexity index is 1010. The number of nitrogens with zero attached hydrogens (tertiary/aromatic N) is 1. The summed E-state index contributed by atoms with van der Waals surface area (Å²) in [5.41, 5.74) is 5.72. The lowest BCUT2D eigenvalue weighted by Gasteiger charge is -2.31. The Morgan fingerprint density at radius 3 is 2.64 bits per heavy atom. The topological polar surface area (TPSA) is 119 Å². The number of sulfonamides is 1.